The molecule has 4 N–H and O–H groups in total. The summed E-state index contributed by atoms with van der Waals surface area (Å²) in [7, 11) is 0. The van der Waals surface area contributed by atoms with Crippen LogP contribution in [0.3, 0.4) is 0 Å². The first-order chi connectivity index (χ1) is 21.7. The lowest BCUT2D eigenvalue weighted by molar-refractivity contribution is 0.0229. The molecule has 2 aliphatic heterocycles. The molecule has 0 atom stereocenters. The summed E-state index contributed by atoms with van der Waals surface area (Å²) in [6, 6.07) is 15.9. The van der Waals surface area contributed by atoms with Crippen molar-refractivity contribution in [2.24, 2.45) is 11.5 Å². The van der Waals surface area contributed by atoms with Crippen LogP contribution in [0.2, 0.25) is 0 Å². The Bertz CT molecular complexity index is 1650. The van der Waals surface area contributed by atoms with Crippen molar-refractivity contribution < 1.29 is 19.1 Å². The van der Waals surface area contributed by atoms with Gasteiger partial charge in [0.2, 0.25) is 0 Å². The molecule has 2 amide bonds. The molecule has 2 aliphatic rings. The minimum atomic E-state index is -0.490. The van der Waals surface area contributed by atoms with E-state index in [2.05, 4.69) is 10.2 Å². The third-order valence-electron chi connectivity index (χ3n) is 7.39. The number of hydrogen-bond acceptors (Lipinski definition) is 8. The molecule has 6 rings (SSSR count). The van der Waals surface area contributed by atoms with Gasteiger partial charge in [0.25, 0.3) is 0 Å². The normalized spacial score (nSPS) is 14.0. The van der Waals surface area contributed by atoms with Crippen LogP contribution in [-0.2, 0) is 48.7 Å². The molecule has 12 heteroatoms. The van der Waals surface area contributed by atoms with Crippen LogP contribution in [0.25, 0.3) is 11.4 Å². The van der Waals surface area contributed by atoms with E-state index < -0.39 is 11.2 Å². The van der Waals surface area contributed by atoms with Gasteiger partial charge in [0.05, 0.1) is 55.1 Å². The number of rotatable bonds is 4. The zero-order valence-electron chi connectivity index (χ0n) is 27.5. The predicted molar refractivity (Wildman–Crippen MR) is 174 cm³/mol. The van der Waals surface area contributed by atoms with E-state index in [0.717, 1.165) is 45.0 Å². The molecule has 0 fully saturated rings. The van der Waals surface area contributed by atoms with Crippen LogP contribution in [0.1, 0.15) is 75.2 Å². The van der Waals surface area contributed by atoms with Crippen molar-refractivity contribution in [2.75, 3.05) is 0 Å². The van der Waals surface area contributed by atoms with Crippen LogP contribution in [0, 0.1) is 0 Å². The van der Waals surface area contributed by atoms with E-state index >= 15 is 0 Å². The molecule has 2 aromatic carbocycles. The Morgan fingerprint density at radius 2 is 1.22 bits per heavy atom. The summed E-state index contributed by atoms with van der Waals surface area (Å²) < 4.78 is 14.6. The number of hydrogen-bond donors (Lipinski definition) is 2. The highest BCUT2D eigenvalue weighted by molar-refractivity contribution is 5.69. The summed E-state index contributed by atoms with van der Waals surface area (Å²) >= 11 is 0. The summed E-state index contributed by atoms with van der Waals surface area (Å²) in [6.45, 7) is 14.3. The quantitative estimate of drug-likeness (QED) is 0.315. The molecule has 0 bridgehead atoms. The van der Waals surface area contributed by atoms with Crippen molar-refractivity contribution >= 4 is 12.2 Å². The number of ether oxygens (including phenoxy) is 2. The number of amides is 2. The van der Waals surface area contributed by atoms with Gasteiger partial charge in [-0.05, 0) is 76.9 Å². The van der Waals surface area contributed by atoms with E-state index in [1.807, 2.05) is 112 Å². The number of aromatic nitrogens is 4. The number of carbonyl (C=O) groups is 2. The van der Waals surface area contributed by atoms with Crippen molar-refractivity contribution in [3.63, 3.8) is 0 Å². The lowest BCUT2D eigenvalue weighted by Crippen LogP contribution is -2.33. The number of fused-ring (bicyclic) bond motifs is 2. The second-order valence-electron chi connectivity index (χ2n) is 13.5. The first-order valence-electron chi connectivity index (χ1n) is 15.4. The largest absolute Gasteiger partial charge is 0.444 e. The Kier molecular flexibility index (Phi) is 9.22. The maximum Gasteiger partial charge on any atom is 0.410 e. The van der Waals surface area contributed by atoms with Gasteiger partial charge in [-0.1, -0.05) is 24.3 Å². The molecule has 12 nitrogen and oxygen atoms in total. The van der Waals surface area contributed by atoms with Crippen molar-refractivity contribution in [3.8, 4) is 11.4 Å². The summed E-state index contributed by atoms with van der Waals surface area (Å²) in [6.07, 6.45) is 3.20. The molecule has 0 spiro atoms. The minimum absolute atomic E-state index is 0.293. The Labute approximate surface area is 269 Å². The van der Waals surface area contributed by atoms with Gasteiger partial charge in [-0.2, -0.15) is 10.2 Å². The smallest absolute Gasteiger partial charge is 0.410 e. The summed E-state index contributed by atoms with van der Waals surface area (Å²) in [4.78, 5) is 27.7. The molecule has 46 heavy (non-hydrogen) atoms. The Balaban J connectivity index is 0.000000181. The topological polar surface area (TPSA) is 147 Å². The van der Waals surface area contributed by atoms with E-state index in [0.29, 0.717) is 39.3 Å². The number of nitrogens with zero attached hydrogens (tertiary/aromatic N) is 6. The van der Waals surface area contributed by atoms with E-state index in [4.69, 9.17) is 20.9 Å². The van der Waals surface area contributed by atoms with Gasteiger partial charge in [0.15, 0.2) is 0 Å². The zero-order chi connectivity index (χ0) is 33.2. The van der Waals surface area contributed by atoms with Gasteiger partial charge < -0.3 is 20.9 Å². The van der Waals surface area contributed by atoms with Crippen LogP contribution in [-0.4, -0.2) is 52.7 Å². The molecule has 0 saturated carbocycles. The molecule has 4 aromatic rings. The van der Waals surface area contributed by atoms with Crippen LogP contribution < -0.4 is 11.5 Å². The molecule has 0 unspecified atom stereocenters. The van der Waals surface area contributed by atoms with Gasteiger partial charge in [0.1, 0.15) is 11.2 Å². The van der Waals surface area contributed by atoms with Crippen LogP contribution in [0.15, 0.2) is 60.9 Å². The van der Waals surface area contributed by atoms with Crippen LogP contribution in [0.4, 0.5) is 9.59 Å². The Morgan fingerprint density at radius 3 is 1.72 bits per heavy atom. The summed E-state index contributed by atoms with van der Waals surface area (Å²) in [5, 5.41) is 9.02. The highest BCUT2D eigenvalue weighted by atomic mass is 16.6. The fourth-order valence-electron chi connectivity index (χ4n) is 5.13. The van der Waals surface area contributed by atoms with Crippen molar-refractivity contribution in [2.45, 2.75) is 92.0 Å². The van der Waals surface area contributed by atoms with Gasteiger partial charge in [-0.25, -0.2) is 19.0 Å². The van der Waals surface area contributed by atoms with E-state index in [1.54, 1.807) is 9.80 Å². The first-order valence-corrected chi connectivity index (χ1v) is 15.4. The van der Waals surface area contributed by atoms with Crippen molar-refractivity contribution in [1.29, 1.82) is 0 Å². The van der Waals surface area contributed by atoms with E-state index in [-0.39, 0.29) is 12.2 Å². The number of benzene rings is 2. The number of carbonyl (C=O) groups excluding carboxylic acids is 2. The SMILES string of the molecule is CC(C)(C)OC(=O)N1Cc2cn(-c3ccc(CN)cc3)nc2C1.CC(C)(C)OC(=O)N1Cc2cnn(-c3ccc(CN)cc3)c2C1. The standard InChI is InChI=1S/2C17H22N4O2/c1-17(2,3)23-16(22)20-9-13-10-21(19-15(13)11-20)14-6-4-12(8-18)5-7-14;1-17(2,3)23-16(22)20-10-13-9-19-21(15(13)11-20)14-6-4-12(8-18)5-7-14/h4-7,10H,8-9,11,18H2,1-3H3;4-7,9H,8,10-11,18H2,1-3H3. The fourth-order valence-corrected chi connectivity index (χ4v) is 5.13. The van der Waals surface area contributed by atoms with E-state index in [9.17, 15) is 9.59 Å². The molecule has 0 aliphatic carbocycles. The monoisotopic (exact) mass is 628 g/mol. The molecule has 0 saturated heterocycles. The van der Waals surface area contributed by atoms with Crippen LogP contribution >= 0.6 is 0 Å². The maximum absolute atomic E-state index is 12.2. The van der Waals surface area contributed by atoms with E-state index in [1.165, 1.54) is 0 Å². The molecule has 4 heterocycles. The average Bonchev–Trinajstić information content (AvgIpc) is 3.76. The highest BCUT2D eigenvalue weighted by Crippen LogP contribution is 2.27. The molecule has 0 radical (unpaired) electrons. The van der Waals surface area contributed by atoms with Gasteiger partial charge in [-0.3, -0.25) is 9.80 Å². The first kappa shape index (κ1) is 32.7. The maximum atomic E-state index is 12.2. The lowest BCUT2D eigenvalue weighted by atomic mass is 10.2. The number of nitrogens with two attached hydrogens (primary N) is 2. The van der Waals surface area contributed by atoms with Gasteiger partial charge in [-0.15, -0.1) is 0 Å². The predicted octanol–water partition coefficient (Wildman–Crippen LogP) is 5.16. The molecular formula is C34H44N8O4. The van der Waals surface area contributed by atoms with Crippen molar-refractivity contribution in [3.05, 3.63) is 94.6 Å². The molecular weight excluding hydrogens is 584 g/mol. The van der Waals surface area contributed by atoms with Gasteiger partial charge in [0, 0.05) is 30.4 Å². The fraction of sp³-hybridized carbons (Fsp3) is 0.412. The minimum Gasteiger partial charge on any atom is -0.444 e. The second-order valence-corrected chi connectivity index (χ2v) is 13.5. The summed E-state index contributed by atoms with van der Waals surface area (Å²) in [5.41, 5.74) is 18.4. The zero-order valence-corrected chi connectivity index (χ0v) is 27.5. The molecule has 2 aromatic heterocycles. The van der Waals surface area contributed by atoms with Gasteiger partial charge >= 0.3 is 12.2 Å². The second kappa shape index (κ2) is 13.0. The summed E-state index contributed by atoms with van der Waals surface area (Å²) in [5.74, 6) is 0. The Morgan fingerprint density at radius 1 is 0.717 bits per heavy atom. The lowest BCUT2D eigenvalue weighted by Gasteiger charge is -2.24. The average molecular weight is 629 g/mol. The highest BCUT2D eigenvalue weighted by Gasteiger charge is 2.31. The third kappa shape index (κ3) is 7.75. The third-order valence-corrected chi connectivity index (χ3v) is 7.39. The van der Waals surface area contributed by atoms with Crippen LogP contribution in [0.5, 0.6) is 0 Å². The Hall–Kier alpha value is -4.68. The molecule has 244 valence electrons. The van der Waals surface area contributed by atoms with Crippen molar-refractivity contribution in [1.82, 2.24) is 29.4 Å².